The Kier molecular flexibility index (Phi) is 6.06. The Morgan fingerprint density at radius 3 is 2.76 bits per heavy atom. The number of rotatable bonds is 6. The molecule has 0 aromatic heterocycles. The lowest BCUT2D eigenvalue weighted by Crippen LogP contribution is -2.40. The van der Waals surface area contributed by atoms with E-state index in [0.717, 1.165) is 12.2 Å². The molecule has 2 aromatic rings. The molecule has 2 aromatic carbocycles. The fourth-order valence-electron chi connectivity index (χ4n) is 2.76. The van der Waals surface area contributed by atoms with Gasteiger partial charge < -0.3 is 20.1 Å². The van der Waals surface area contributed by atoms with Crippen LogP contribution in [-0.4, -0.2) is 32.0 Å². The number of amides is 2. The number of hydrogen-bond donors (Lipinski definition) is 2. The Bertz CT molecular complexity index is 723. The normalized spacial score (nSPS) is 15.8. The van der Waals surface area contributed by atoms with Crippen LogP contribution in [0.2, 0.25) is 0 Å². The largest absolute Gasteiger partial charge is 0.493 e. The predicted octanol–water partition coefficient (Wildman–Crippen LogP) is 3.61. The highest BCUT2D eigenvalue weighted by atomic mass is 32.2. The van der Waals surface area contributed by atoms with Crippen LogP contribution in [0.3, 0.4) is 0 Å². The first-order valence-corrected chi connectivity index (χ1v) is 9.28. The summed E-state index contributed by atoms with van der Waals surface area (Å²) in [5, 5.41) is 5.90. The van der Waals surface area contributed by atoms with Gasteiger partial charge in [0, 0.05) is 10.6 Å². The molecule has 0 bridgehead atoms. The number of carbonyl (C=O) groups excluding carboxylic acids is 1. The van der Waals surface area contributed by atoms with Crippen molar-refractivity contribution in [2.24, 2.45) is 0 Å². The summed E-state index contributed by atoms with van der Waals surface area (Å²) >= 11 is 1.84. The van der Waals surface area contributed by atoms with Gasteiger partial charge in [-0.05, 0) is 30.2 Å². The highest BCUT2D eigenvalue weighted by Gasteiger charge is 2.21. The summed E-state index contributed by atoms with van der Waals surface area (Å²) in [5.41, 5.74) is 1.19. The van der Waals surface area contributed by atoms with Gasteiger partial charge in [0.2, 0.25) is 0 Å². The average Bonchev–Trinajstić information content (AvgIpc) is 2.66. The van der Waals surface area contributed by atoms with E-state index in [1.165, 1.54) is 10.5 Å². The second-order valence-corrected chi connectivity index (χ2v) is 6.76. The van der Waals surface area contributed by atoms with Gasteiger partial charge in [-0.25, -0.2) is 4.79 Å². The highest BCUT2D eigenvalue weighted by molar-refractivity contribution is 7.99. The Morgan fingerprint density at radius 1 is 1.16 bits per heavy atom. The van der Waals surface area contributed by atoms with Gasteiger partial charge >= 0.3 is 6.03 Å². The topological polar surface area (TPSA) is 59.6 Å². The van der Waals surface area contributed by atoms with Crippen molar-refractivity contribution in [1.29, 1.82) is 0 Å². The molecule has 2 N–H and O–H groups in total. The first-order chi connectivity index (χ1) is 12.3. The number of thioether (sulfide) groups is 1. The number of methoxy groups -OCH3 is 1. The standard InChI is InChI=1S/C19H22N2O3S/c1-23-16-7-3-4-8-17(16)24-12-11-20-19(22)21-15-10-13-25-18-9-5-2-6-14(15)18/h2-9,15H,10-13H2,1H3,(H2,20,21,22)/t15-/m0/s1. The molecule has 132 valence electrons. The minimum atomic E-state index is -0.171. The molecule has 0 aliphatic carbocycles. The number of hydrogen-bond acceptors (Lipinski definition) is 4. The van der Waals surface area contributed by atoms with Crippen LogP contribution in [0.4, 0.5) is 4.79 Å². The third-order valence-electron chi connectivity index (χ3n) is 3.98. The van der Waals surface area contributed by atoms with Crippen LogP contribution in [0.1, 0.15) is 18.0 Å². The lowest BCUT2D eigenvalue weighted by Gasteiger charge is -2.25. The summed E-state index contributed by atoms with van der Waals surface area (Å²) < 4.78 is 10.9. The van der Waals surface area contributed by atoms with E-state index in [1.807, 2.05) is 48.2 Å². The van der Waals surface area contributed by atoms with Crippen molar-refractivity contribution in [2.75, 3.05) is 26.0 Å². The monoisotopic (exact) mass is 358 g/mol. The molecule has 1 atom stereocenters. The molecular formula is C19H22N2O3S. The van der Waals surface area contributed by atoms with Crippen molar-refractivity contribution in [1.82, 2.24) is 10.6 Å². The number of nitrogens with one attached hydrogen (secondary N) is 2. The van der Waals surface area contributed by atoms with Gasteiger partial charge in [0.25, 0.3) is 0 Å². The summed E-state index contributed by atoms with van der Waals surface area (Å²) in [6, 6.07) is 15.6. The van der Waals surface area contributed by atoms with Crippen molar-refractivity contribution in [3.05, 3.63) is 54.1 Å². The smallest absolute Gasteiger partial charge is 0.315 e. The molecule has 25 heavy (non-hydrogen) atoms. The van der Waals surface area contributed by atoms with Crippen molar-refractivity contribution >= 4 is 17.8 Å². The van der Waals surface area contributed by atoms with Crippen molar-refractivity contribution < 1.29 is 14.3 Å². The van der Waals surface area contributed by atoms with Crippen molar-refractivity contribution in [3.63, 3.8) is 0 Å². The number of fused-ring (bicyclic) bond motifs is 1. The maximum atomic E-state index is 12.1. The Morgan fingerprint density at radius 2 is 1.92 bits per heavy atom. The van der Waals surface area contributed by atoms with E-state index >= 15 is 0 Å². The fourth-order valence-corrected chi connectivity index (χ4v) is 3.89. The molecule has 2 amide bonds. The van der Waals surface area contributed by atoms with Crippen LogP contribution in [0.15, 0.2) is 53.4 Å². The third-order valence-corrected chi connectivity index (χ3v) is 5.10. The molecular weight excluding hydrogens is 336 g/mol. The molecule has 6 heteroatoms. The van der Waals surface area contributed by atoms with Crippen molar-refractivity contribution in [2.45, 2.75) is 17.4 Å². The summed E-state index contributed by atoms with van der Waals surface area (Å²) in [4.78, 5) is 13.4. The zero-order valence-corrected chi connectivity index (χ0v) is 15.0. The lowest BCUT2D eigenvalue weighted by atomic mass is 10.0. The number of para-hydroxylation sites is 2. The van der Waals surface area contributed by atoms with Crippen LogP contribution >= 0.6 is 11.8 Å². The van der Waals surface area contributed by atoms with E-state index in [9.17, 15) is 4.79 Å². The molecule has 0 spiro atoms. The summed E-state index contributed by atoms with van der Waals surface area (Å²) in [7, 11) is 1.61. The zero-order chi connectivity index (χ0) is 17.5. The van der Waals surface area contributed by atoms with Crippen LogP contribution in [0.25, 0.3) is 0 Å². The minimum Gasteiger partial charge on any atom is -0.493 e. The van der Waals surface area contributed by atoms with Gasteiger partial charge in [-0.15, -0.1) is 11.8 Å². The van der Waals surface area contributed by atoms with E-state index in [2.05, 4.69) is 22.8 Å². The first-order valence-electron chi connectivity index (χ1n) is 8.30. The van der Waals surface area contributed by atoms with Gasteiger partial charge in [0.05, 0.1) is 19.7 Å². The van der Waals surface area contributed by atoms with Gasteiger partial charge in [0.15, 0.2) is 11.5 Å². The van der Waals surface area contributed by atoms with Crippen LogP contribution in [0.5, 0.6) is 11.5 Å². The zero-order valence-electron chi connectivity index (χ0n) is 14.2. The number of ether oxygens (including phenoxy) is 2. The third kappa shape index (κ3) is 4.60. The average molecular weight is 358 g/mol. The summed E-state index contributed by atoms with van der Waals surface area (Å²) in [5.74, 6) is 2.37. The molecule has 5 nitrogen and oxygen atoms in total. The van der Waals surface area contributed by atoms with Crippen LogP contribution in [0, 0.1) is 0 Å². The first kappa shape index (κ1) is 17.5. The molecule has 0 unspecified atom stereocenters. The van der Waals surface area contributed by atoms with Crippen molar-refractivity contribution in [3.8, 4) is 11.5 Å². The Labute approximate surface area is 152 Å². The molecule has 0 saturated carbocycles. The van der Waals surface area contributed by atoms with Gasteiger partial charge in [-0.3, -0.25) is 0 Å². The maximum Gasteiger partial charge on any atom is 0.315 e. The maximum absolute atomic E-state index is 12.1. The second-order valence-electron chi connectivity index (χ2n) is 5.63. The highest BCUT2D eigenvalue weighted by Crippen LogP contribution is 2.35. The molecule has 0 radical (unpaired) electrons. The Balaban J connectivity index is 1.45. The van der Waals surface area contributed by atoms with E-state index in [-0.39, 0.29) is 12.1 Å². The van der Waals surface area contributed by atoms with E-state index < -0.39 is 0 Å². The number of benzene rings is 2. The molecule has 1 aliphatic heterocycles. The molecule has 0 fully saturated rings. The van der Waals surface area contributed by atoms with Gasteiger partial charge in [0.1, 0.15) is 6.61 Å². The summed E-state index contributed by atoms with van der Waals surface area (Å²) in [6.07, 6.45) is 0.937. The molecule has 1 heterocycles. The van der Waals surface area contributed by atoms with Gasteiger partial charge in [-0.1, -0.05) is 30.3 Å². The predicted molar refractivity (Wildman–Crippen MR) is 99.5 cm³/mol. The minimum absolute atomic E-state index is 0.0626. The van der Waals surface area contributed by atoms with Crippen LogP contribution in [-0.2, 0) is 0 Å². The Hall–Kier alpha value is -2.34. The van der Waals surface area contributed by atoms with E-state index in [1.54, 1.807) is 7.11 Å². The van der Waals surface area contributed by atoms with E-state index in [4.69, 9.17) is 9.47 Å². The number of carbonyl (C=O) groups is 1. The molecule has 0 saturated heterocycles. The van der Waals surface area contributed by atoms with E-state index in [0.29, 0.717) is 24.7 Å². The SMILES string of the molecule is COc1ccccc1OCCNC(=O)N[C@H]1CCSc2ccccc21. The quantitative estimate of drug-likeness (QED) is 0.775. The van der Waals surface area contributed by atoms with Gasteiger partial charge in [-0.2, -0.15) is 0 Å². The molecule has 1 aliphatic rings. The number of urea groups is 1. The molecule has 3 rings (SSSR count). The fraction of sp³-hybridized carbons (Fsp3) is 0.316. The second kappa shape index (κ2) is 8.67. The van der Waals surface area contributed by atoms with Crippen LogP contribution < -0.4 is 20.1 Å². The summed E-state index contributed by atoms with van der Waals surface area (Å²) in [6.45, 7) is 0.803. The lowest BCUT2D eigenvalue weighted by molar-refractivity contribution is 0.231.